The standard InChI is InChI=1S/C13H13BrF3N3O/c1-8-12(14)11(20(2)19-8)7-18-9-4-3-5-10(6-9)21-13(15,16)17/h3-6,18H,7H2,1-2H3. The Bertz CT molecular complexity index is 640. The van der Waals surface area contributed by atoms with Crippen LogP contribution in [0.1, 0.15) is 11.4 Å². The Morgan fingerprint density at radius 2 is 2.10 bits per heavy atom. The number of halogens is 4. The van der Waals surface area contributed by atoms with Crippen molar-refractivity contribution in [1.82, 2.24) is 9.78 Å². The third kappa shape index (κ3) is 4.13. The maximum atomic E-state index is 12.2. The SMILES string of the molecule is Cc1nn(C)c(CNc2cccc(OC(F)(F)F)c2)c1Br. The molecule has 0 radical (unpaired) electrons. The van der Waals surface area contributed by atoms with Gasteiger partial charge in [-0.2, -0.15) is 5.10 Å². The second-order valence-electron chi connectivity index (χ2n) is 4.40. The second kappa shape index (κ2) is 5.97. The largest absolute Gasteiger partial charge is 0.573 e. The molecule has 2 aromatic rings. The third-order valence-electron chi connectivity index (χ3n) is 2.79. The molecule has 0 unspecified atom stereocenters. The van der Waals surface area contributed by atoms with E-state index in [9.17, 15) is 13.2 Å². The Kier molecular flexibility index (Phi) is 4.46. The monoisotopic (exact) mass is 363 g/mol. The lowest BCUT2D eigenvalue weighted by atomic mass is 10.3. The van der Waals surface area contributed by atoms with Gasteiger partial charge in [-0.15, -0.1) is 13.2 Å². The number of aryl methyl sites for hydroxylation is 2. The van der Waals surface area contributed by atoms with E-state index in [-0.39, 0.29) is 5.75 Å². The molecule has 1 heterocycles. The van der Waals surface area contributed by atoms with Crippen molar-refractivity contribution in [3.63, 3.8) is 0 Å². The van der Waals surface area contributed by atoms with Gasteiger partial charge >= 0.3 is 6.36 Å². The van der Waals surface area contributed by atoms with E-state index in [1.165, 1.54) is 18.2 Å². The summed E-state index contributed by atoms with van der Waals surface area (Å²) in [4.78, 5) is 0. The lowest BCUT2D eigenvalue weighted by Crippen LogP contribution is -2.17. The molecule has 0 aliphatic heterocycles. The average Bonchev–Trinajstić information content (AvgIpc) is 2.60. The normalized spacial score (nSPS) is 11.5. The lowest BCUT2D eigenvalue weighted by Gasteiger charge is -2.11. The Morgan fingerprint density at radius 3 is 2.67 bits per heavy atom. The number of anilines is 1. The van der Waals surface area contributed by atoms with Gasteiger partial charge in [0.1, 0.15) is 5.75 Å². The Labute approximate surface area is 128 Å². The summed E-state index contributed by atoms with van der Waals surface area (Å²) in [6.07, 6.45) is -4.69. The second-order valence-corrected chi connectivity index (χ2v) is 5.19. The molecule has 0 atom stereocenters. The predicted molar refractivity (Wildman–Crippen MR) is 76.1 cm³/mol. The van der Waals surface area contributed by atoms with Crippen LogP contribution in [0, 0.1) is 6.92 Å². The van der Waals surface area contributed by atoms with Crippen molar-refractivity contribution >= 4 is 21.6 Å². The molecule has 21 heavy (non-hydrogen) atoms. The van der Waals surface area contributed by atoms with E-state index in [2.05, 4.69) is 31.1 Å². The van der Waals surface area contributed by atoms with Crippen LogP contribution in [0.3, 0.4) is 0 Å². The van der Waals surface area contributed by atoms with Gasteiger partial charge in [-0.25, -0.2) is 0 Å². The third-order valence-corrected chi connectivity index (χ3v) is 3.82. The van der Waals surface area contributed by atoms with E-state index in [0.717, 1.165) is 15.9 Å². The zero-order valence-electron chi connectivity index (χ0n) is 11.3. The summed E-state index contributed by atoms with van der Waals surface area (Å²) >= 11 is 3.43. The number of aromatic nitrogens is 2. The highest BCUT2D eigenvalue weighted by molar-refractivity contribution is 9.10. The minimum atomic E-state index is -4.69. The maximum absolute atomic E-state index is 12.2. The molecule has 114 valence electrons. The number of hydrogen-bond acceptors (Lipinski definition) is 3. The van der Waals surface area contributed by atoms with E-state index in [4.69, 9.17) is 0 Å². The molecular formula is C13H13BrF3N3O. The Hall–Kier alpha value is -1.70. The molecule has 8 heteroatoms. The molecule has 1 aromatic carbocycles. The summed E-state index contributed by atoms with van der Waals surface area (Å²) in [7, 11) is 1.80. The molecule has 4 nitrogen and oxygen atoms in total. The molecule has 0 aliphatic rings. The number of nitrogens with one attached hydrogen (secondary N) is 1. The van der Waals surface area contributed by atoms with Crippen molar-refractivity contribution in [2.45, 2.75) is 19.8 Å². The van der Waals surface area contributed by atoms with E-state index < -0.39 is 6.36 Å². The van der Waals surface area contributed by atoms with E-state index in [1.54, 1.807) is 17.8 Å². The van der Waals surface area contributed by atoms with Crippen molar-refractivity contribution in [3.05, 3.63) is 40.1 Å². The lowest BCUT2D eigenvalue weighted by molar-refractivity contribution is -0.274. The summed E-state index contributed by atoms with van der Waals surface area (Å²) in [6.45, 7) is 2.29. The molecular weight excluding hydrogens is 351 g/mol. The van der Waals surface area contributed by atoms with Crippen LogP contribution >= 0.6 is 15.9 Å². The summed E-state index contributed by atoms with van der Waals surface area (Å²) in [5.74, 6) is -0.257. The van der Waals surface area contributed by atoms with Crippen LogP contribution in [0.25, 0.3) is 0 Å². The van der Waals surface area contributed by atoms with Crippen LogP contribution in [0.15, 0.2) is 28.7 Å². The van der Waals surface area contributed by atoms with Crippen molar-refractivity contribution in [2.24, 2.45) is 7.05 Å². The van der Waals surface area contributed by atoms with E-state index >= 15 is 0 Å². The number of nitrogens with zero attached hydrogens (tertiary/aromatic N) is 2. The van der Waals surface area contributed by atoms with Crippen molar-refractivity contribution in [2.75, 3.05) is 5.32 Å². The zero-order valence-corrected chi connectivity index (χ0v) is 12.9. The number of rotatable bonds is 4. The van der Waals surface area contributed by atoms with Gasteiger partial charge in [-0.1, -0.05) is 6.07 Å². The summed E-state index contributed by atoms with van der Waals surface area (Å²) < 4.78 is 43.0. The molecule has 1 N–H and O–H groups in total. The van der Waals surface area contributed by atoms with Gasteiger partial charge in [0.15, 0.2) is 0 Å². The Morgan fingerprint density at radius 1 is 1.38 bits per heavy atom. The van der Waals surface area contributed by atoms with Crippen LogP contribution in [0.2, 0.25) is 0 Å². The van der Waals surface area contributed by atoms with Gasteiger partial charge in [0.2, 0.25) is 0 Å². The fourth-order valence-corrected chi connectivity index (χ4v) is 2.34. The van der Waals surface area contributed by atoms with Gasteiger partial charge in [-0.05, 0) is 35.0 Å². The topological polar surface area (TPSA) is 39.1 Å². The van der Waals surface area contributed by atoms with E-state index in [0.29, 0.717) is 12.2 Å². The van der Waals surface area contributed by atoms with E-state index in [1.807, 2.05) is 6.92 Å². The van der Waals surface area contributed by atoms with Crippen LogP contribution in [-0.4, -0.2) is 16.1 Å². The van der Waals surface area contributed by atoms with Gasteiger partial charge in [0.05, 0.1) is 22.4 Å². The fraction of sp³-hybridized carbons (Fsp3) is 0.308. The first-order valence-corrected chi connectivity index (χ1v) is 6.83. The first-order chi connectivity index (χ1) is 9.76. The summed E-state index contributed by atoms with van der Waals surface area (Å²) in [5.41, 5.74) is 2.28. The smallest absolute Gasteiger partial charge is 0.406 e. The van der Waals surface area contributed by atoms with Crippen molar-refractivity contribution < 1.29 is 17.9 Å². The quantitative estimate of drug-likeness (QED) is 0.892. The van der Waals surface area contributed by atoms with Crippen LogP contribution in [0.4, 0.5) is 18.9 Å². The highest BCUT2D eigenvalue weighted by Gasteiger charge is 2.31. The predicted octanol–water partition coefficient (Wildman–Crippen LogP) is 4.00. The van der Waals surface area contributed by atoms with Gasteiger partial charge in [0, 0.05) is 18.8 Å². The molecule has 2 rings (SSSR count). The summed E-state index contributed by atoms with van der Waals surface area (Å²) in [6, 6.07) is 5.71. The number of hydrogen-bond donors (Lipinski definition) is 1. The molecule has 0 spiro atoms. The minimum absolute atomic E-state index is 0.257. The maximum Gasteiger partial charge on any atom is 0.573 e. The number of alkyl halides is 3. The van der Waals surface area contributed by atoms with Crippen LogP contribution in [-0.2, 0) is 13.6 Å². The molecule has 0 saturated heterocycles. The van der Waals surface area contributed by atoms with Gasteiger partial charge in [-0.3, -0.25) is 4.68 Å². The number of benzene rings is 1. The Balaban J connectivity index is 2.08. The molecule has 0 aliphatic carbocycles. The minimum Gasteiger partial charge on any atom is -0.406 e. The fourth-order valence-electron chi connectivity index (χ4n) is 1.86. The average molecular weight is 364 g/mol. The highest BCUT2D eigenvalue weighted by atomic mass is 79.9. The molecule has 1 aromatic heterocycles. The van der Waals surface area contributed by atoms with Crippen LogP contribution < -0.4 is 10.1 Å². The van der Waals surface area contributed by atoms with Crippen molar-refractivity contribution in [1.29, 1.82) is 0 Å². The summed E-state index contributed by atoms with van der Waals surface area (Å²) in [5, 5.41) is 7.29. The van der Waals surface area contributed by atoms with Crippen molar-refractivity contribution in [3.8, 4) is 5.75 Å². The molecule has 0 saturated carbocycles. The molecule has 0 bridgehead atoms. The molecule has 0 amide bonds. The van der Waals surface area contributed by atoms with Gasteiger partial charge in [0.25, 0.3) is 0 Å². The molecule has 0 fully saturated rings. The number of ether oxygens (including phenoxy) is 1. The highest BCUT2D eigenvalue weighted by Crippen LogP contribution is 2.26. The first-order valence-electron chi connectivity index (χ1n) is 6.04. The van der Waals surface area contributed by atoms with Gasteiger partial charge < -0.3 is 10.1 Å². The van der Waals surface area contributed by atoms with Crippen LogP contribution in [0.5, 0.6) is 5.75 Å². The zero-order chi connectivity index (χ0) is 15.6. The first kappa shape index (κ1) is 15.7.